The van der Waals surface area contributed by atoms with E-state index >= 15 is 0 Å². The summed E-state index contributed by atoms with van der Waals surface area (Å²) < 4.78 is 7.43. The average Bonchev–Trinajstić information content (AvgIpc) is 3.76. The fourth-order valence-electron chi connectivity index (χ4n) is 5.05. The first-order chi connectivity index (χ1) is 20.6. The highest BCUT2D eigenvalue weighted by Gasteiger charge is 2.26. The predicted molar refractivity (Wildman–Crippen MR) is 167 cm³/mol. The van der Waals surface area contributed by atoms with Crippen LogP contribution in [0.3, 0.4) is 0 Å². The van der Waals surface area contributed by atoms with Crippen LogP contribution < -0.4 is 10.1 Å². The molecule has 0 aliphatic heterocycles. The number of rotatable bonds is 11. The number of hydrogen-bond acceptors (Lipinski definition) is 7. The van der Waals surface area contributed by atoms with E-state index in [0.717, 1.165) is 50.0 Å². The van der Waals surface area contributed by atoms with Gasteiger partial charge in [-0.3, -0.25) is 9.36 Å². The van der Waals surface area contributed by atoms with Crippen LogP contribution in [0.4, 0.5) is 0 Å². The predicted octanol–water partition coefficient (Wildman–Crippen LogP) is 6.46. The molecule has 3 aromatic heterocycles. The lowest BCUT2D eigenvalue weighted by Crippen LogP contribution is -2.33. The number of aromatic nitrogens is 5. The van der Waals surface area contributed by atoms with Crippen LogP contribution >= 0.6 is 23.1 Å². The fourth-order valence-corrected chi connectivity index (χ4v) is 6.57. The van der Waals surface area contributed by atoms with Crippen molar-refractivity contribution in [2.45, 2.75) is 36.7 Å². The minimum Gasteiger partial charge on any atom is -0.497 e. The Labute approximate surface area is 252 Å². The van der Waals surface area contributed by atoms with Gasteiger partial charge in [-0.05, 0) is 54.8 Å². The summed E-state index contributed by atoms with van der Waals surface area (Å²) in [7, 11) is 1.65. The number of ether oxygens (including phenoxy) is 1. The molecule has 0 saturated carbocycles. The van der Waals surface area contributed by atoms with Crippen LogP contribution in [0, 0.1) is 6.92 Å². The zero-order valence-corrected chi connectivity index (χ0v) is 24.9. The maximum absolute atomic E-state index is 13.7. The van der Waals surface area contributed by atoms with Crippen molar-refractivity contribution in [2.75, 3.05) is 7.11 Å². The monoisotopic (exact) mass is 594 g/mol. The molecule has 42 heavy (non-hydrogen) atoms. The number of methoxy groups -OCH3 is 1. The van der Waals surface area contributed by atoms with E-state index in [0.29, 0.717) is 18.0 Å². The number of aromatic amines is 1. The van der Waals surface area contributed by atoms with Gasteiger partial charge in [-0.25, -0.2) is 4.98 Å². The Balaban J connectivity index is 1.36. The Bertz CT molecular complexity index is 1780. The van der Waals surface area contributed by atoms with E-state index in [-0.39, 0.29) is 12.3 Å². The van der Waals surface area contributed by atoms with E-state index in [1.165, 1.54) is 0 Å². The third-order valence-corrected chi connectivity index (χ3v) is 8.71. The molecule has 6 aromatic rings. The number of H-pyrrole nitrogens is 1. The molecule has 1 atom stereocenters. The lowest BCUT2D eigenvalue weighted by molar-refractivity contribution is -0.121. The Hall–Kier alpha value is -4.41. The lowest BCUT2D eigenvalue weighted by Gasteiger charge is -2.20. The van der Waals surface area contributed by atoms with E-state index in [9.17, 15) is 4.79 Å². The highest BCUT2D eigenvalue weighted by molar-refractivity contribution is 7.98. The number of aryl methyl sites for hydroxylation is 1. The molecule has 3 aromatic carbocycles. The number of amides is 1. The van der Waals surface area contributed by atoms with Crippen LogP contribution in [0.15, 0.2) is 94.9 Å². The minimum atomic E-state index is -0.423. The highest BCUT2D eigenvalue weighted by atomic mass is 32.2. The molecule has 3 heterocycles. The zero-order valence-electron chi connectivity index (χ0n) is 23.3. The Morgan fingerprint density at radius 3 is 2.60 bits per heavy atom. The van der Waals surface area contributed by atoms with E-state index in [1.807, 2.05) is 83.0 Å². The van der Waals surface area contributed by atoms with Gasteiger partial charge in [-0.1, -0.05) is 60.3 Å². The van der Waals surface area contributed by atoms with Crippen LogP contribution in [0.5, 0.6) is 5.75 Å². The average molecular weight is 595 g/mol. The van der Waals surface area contributed by atoms with Crippen molar-refractivity contribution in [1.29, 1.82) is 0 Å². The van der Waals surface area contributed by atoms with Crippen LogP contribution in [-0.2, 0) is 23.4 Å². The number of fused-ring (bicyclic) bond motifs is 1. The molecular formula is C32H30N6O2S2. The molecule has 0 radical (unpaired) electrons. The number of carbonyl (C=O) groups is 1. The second-order valence-electron chi connectivity index (χ2n) is 9.90. The normalized spacial score (nSPS) is 12.0. The number of carbonyl (C=O) groups excluding carboxylic acids is 1. The first kappa shape index (κ1) is 27.7. The molecule has 8 nitrogen and oxygen atoms in total. The minimum absolute atomic E-state index is 0.0789. The second kappa shape index (κ2) is 12.6. The summed E-state index contributed by atoms with van der Waals surface area (Å²) in [5.41, 5.74) is 7.81. The molecular weight excluding hydrogens is 565 g/mol. The van der Waals surface area contributed by atoms with E-state index in [4.69, 9.17) is 4.74 Å². The summed E-state index contributed by atoms with van der Waals surface area (Å²) in [5.74, 6) is 2.00. The maximum Gasteiger partial charge on any atom is 0.225 e. The van der Waals surface area contributed by atoms with E-state index in [2.05, 4.69) is 43.7 Å². The molecule has 6 rings (SSSR count). The summed E-state index contributed by atoms with van der Waals surface area (Å²) in [6, 6.07) is 25.6. The first-order valence-corrected chi connectivity index (χ1v) is 15.5. The molecule has 212 valence electrons. The maximum atomic E-state index is 13.7. The lowest BCUT2D eigenvalue weighted by atomic mass is 10.0. The molecule has 0 aliphatic rings. The second-order valence-corrected chi connectivity index (χ2v) is 11.6. The van der Waals surface area contributed by atoms with Crippen LogP contribution in [0.1, 0.15) is 34.4 Å². The molecule has 0 aliphatic carbocycles. The highest BCUT2D eigenvalue weighted by Crippen LogP contribution is 2.30. The number of hydrogen-bond donors (Lipinski definition) is 2. The van der Waals surface area contributed by atoms with Gasteiger partial charge in [0.05, 0.1) is 30.8 Å². The van der Waals surface area contributed by atoms with Gasteiger partial charge in [0.2, 0.25) is 5.91 Å². The van der Waals surface area contributed by atoms with Crippen LogP contribution in [-0.4, -0.2) is 37.7 Å². The van der Waals surface area contributed by atoms with Gasteiger partial charge in [0, 0.05) is 33.4 Å². The van der Waals surface area contributed by atoms with Crippen LogP contribution in [0.25, 0.3) is 16.6 Å². The Morgan fingerprint density at radius 2 is 1.83 bits per heavy atom. The van der Waals surface area contributed by atoms with Crippen molar-refractivity contribution in [1.82, 2.24) is 30.0 Å². The van der Waals surface area contributed by atoms with Crippen LogP contribution in [0.2, 0.25) is 0 Å². The van der Waals surface area contributed by atoms with Gasteiger partial charge in [-0.2, -0.15) is 0 Å². The first-order valence-electron chi connectivity index (χ1n) is 13.6. The quantitative estimate of drug-likeness (QED) is 0.167. The van der Waals surface area contributed by atoms with Gasteiger partial charge < -0.3 is 15.0 Å². The van der Waals surface area contributed by atoms with Gasteiger partial charge in [0.1, 0.15) is 5.75 Å². The summed E-state index contributed by atoms with van der Waals surface area (Å²) >= 11 is 3.14. The number of thioether (sulfide) groups is 1. The SMILES string of the molecule is COc1ccc(-n2c(SCc3cscn3)nnc2C(Cc2ccccc2)NC(=O)Cc2c(C)[nH]c3ccccc23)cc1. The Kier molecular flexibility index (Phi) is 8.34. The zero-order chi connectivity index (χ0) is 28.9. The van der Waals surface area contributed by atoms with Crippen molar-refractivity contribution in [3.8, 4) is 11.4 Å². The molecule has 0 saturated heterocycles. The largest absolute Gasteiger partial charge is 0.497 e. The Morgan fingerprint density at radius 1 is 1.05 bits per heavy atom. The van der Waals surface area contributed by atoms with E-state index in [1.54, 1.807) is 30.2 Å². The summed E-state index contributed by atoms with van der Waals surface area (Å²) in [6.45, 7) is 2.01. The fraction of sp³-hybridized carbons (Fsp3) is 0.188. The number of para-hydroxylation sites is 1. The van der Waals surface area contributed by atoms with Gasteiger partial charge in [-0.15, -0.1) is 21.5 Å². The van der Waals surface area contributed by atoms with Crippen molar-refractivity contribution >= 4 is 39.9 Å². The number of thiazole rings is 1. The molecule has 0 bridgehead atoms. The standard InChI is InChI=1S/C32H30N6O2S2/c1-21-27(26-10-6-7-11-28(26)34-21)17-30(39)35-29(16-22-8-4-3-5-9-22)31-36-37-32(42-19-23-18-41-20-33-23)38(31)24-12-14-25(40-2)15-13-24/h3-15,18,20,29,34H,16-17,19H2,1-2H3,(H,35,39). The van der Waals surface area contributed by atoms with Gasteiger partial charge in [0.25, 0.3) is 0 Å². The van der Waals surface area contributed by atoms with E-state index < -0.39 is 6.04 Å². The van der Waals surface area contributed by atoms with Gasteiger partial charge in [0.15, 0.2) is 11.0 Å². The summed E-state index contributed by atoms with van der Waals surface area (Å²) in [6.07, 6.45) is 0.813. The van der Waals surface area contributed by atoms with Crippen molar-refractivity contribution in [2.24, 2.45) is 0 Å². The smallest absolute Gasteiger partial charge is 0.225 e. The third-order valence-electron chi connectivity index (χ3n) is 7.12. The summed E-state index contributed by atoms with van der Waals surface area (Å²) in [5, 5.41) is 16.4. The molecule has 1 unspecified atom stereocenters. The van der Waals surface area contributed by atoms with Crippen molar-refractivity contribution in [3.05, 3.63) is 118 Å². The number of nitrogens with one attached hydrogen (secondary N) is 2. The third kappa shape index (κ3) is 6.09. The molecule has 0 fully saturated rings. The molecule has 10 heteroatoms. The van der Waals surface area contributed by atoms with Crippen molar-refractivity contribution < 1.29 is 9.53 Å². The van der Waals surface area contributed by atoms with Gasteiger partial charge >= 0.3 is 0 Å². The molecule has 1 amide bonds. The van der Waals surface area contributed by atoms with Crippen molar-refractivity contribution in [3.63, 3.8) is 0 Å². The topological polar surface area (TPSA) is 97.7 Å². The molecule has 2 N–H and O–H groups in total. The summed E-state index contributed by atoms with van der Waals surface area (Å²) in [4.78, 5) is 21.5. The molecule has 0 spiro atoms. The number of nitrogens with zero attached hydrogens (tertiary/aromatic N) is 4. The number of benzene rings is 3.